The summed E-state index contributed by atoms with van der Waals surface area (Å²) in [4.78, 5) is 3.59. The number of thiocarbonyl (C=S) groups is 2. The van der Waals surface area contributed by atoms with Crippen LogP contribution in [0.5, 0.6) is 0 Å². The van der Waals surface area contributed by atoms with Gasteiger partial charge < -0.3 is 59.5 Å². The summed E-state index contributed by atoms with van der Waals surface area (Å²) in [6, 6.07) is 19.6. The van der Waals surface area contributed by atoms with E-state index in [1.165, 1.54) is 0 Å². The summed E-state index contributed by atoms with van der Waals surface area (Å²) in [6.07, 6.45) is 0. The van der Waals surface area contributed by atoms with Crippen LogP contribution in [0.1, 0.15) is 0 Å². The van der Waals surface area contributed by atoms with Crippen LogP contribution >= 0.6 is 24.4 Å². The molecule has 125 valence electrons. The van der Waals surface area contributed by atoms with Gasteiger partial charge in [-0.2, -0.15) is 0 Å². The maximum absolute atomic E-state index is 4.84. The van der Waals surface area contributed by atoms with Gasteiger partial charge in [0.1, 0.15) is 0 Å². The second-order valence-corrected chi connectivity index (χ2v) is 6.38. The first-order valence-corrected chi connectivity index (χ1v) is 8.06. The number of hydrogen-bond donors (Lipinski definition) is 0. The Labute approximate surface area is 170 Å². The van der Waals surface area contributed by atoms with Crippen LogP contribution in [-0.4, -0.2) is 22.7 Å². The summed E-state index contributed by atoms with van der Waals surface area (Å²) in [7, 11) is 3.73. The Bertz CT molecular complexity index is 552. The van der Waals surface area contributed by atoms with E-state index >= 15 is 0 Å². The molecular formula is C16H16CuN2S4. The Morgan fingerprint density at radius 3 is 1.17 bits per heavy atom. The molecule has 0 bridgehead atoms. The molecule has 0 aliphatic carbocycles. The number of nitrogens with zero attached hydrogens (tertiary/aromatic N) is 2. The van der Waals surface area contributed by atoms with Crippen molar-refractivity contribution in [2.75, 3.05) is 23.9 Å². The average Bonchev–Trinajstić information content (AvgIpc) is 2.55. The minimum atomic E-state index is 0. The molecule has 0 saturated heterocycles. The molecule has 0 aliphatic rings. The van der Waals surface area contributed by atoms with E-state index in [4.69, 9.17) is 49.7 Å². The Hall–Kier alpha value is -0.821. The van der Waals surface area contributed by atoms with Crippen molar-refractivity contribution in [1.29, 1.82) is 0 Å². The monoisotopic (exact) mass is 427 g/mol. The van der Waals surface area contributed by atoms with Gasteiger partial charge in [0.2, 0.25) is 0 Å². The van der Waals surface area contributed by atoms with Gasteiger partial charge in [-0.05, 0) is 24.3 Å². The van der Waals surface area contributed by atoms with Crippen molar-refractivity contribution in [2.24, 2.45) is 0 Å². The van der Waals surface area contributed by atoms with Crippen LogP contribution < -0.4 is 9.80 Å². The second kappa shape index (κ2) is 11.7. The summed E-state index contributed by atoms with van der Waals surface area (Å²) in [5.74, 6) is 0. The topological polar surface area (TPSA) is 6.48 Å². The first-order chi connectivity index (χ1) is 10.4. The molecule has 23 heavy (non-hydrogen) atoms. The van der Waals surface area contributed by atoms with Gasteiger partial charge >= 0.3 is 17.1 Å². The fourth-order valence-electron chi connectivity index (χ4n) is 1.51. The van der Waals surface area contributed by atoms with Crippen molar-refractivity contribution >= 4 is 69.7 Å². The third-order valence-electron chi connectivity index (χ3n) is 2.83. The zero-order chi connectivity index (χ0) is 16.5. The summed E-state index contributed by atoms with van der Waals surface area (Å²) in [5, 5.41) is 0. The van der Waals surface area contributed by atoms with E-state index in [0.29, 0.717) is 8.64 Å². The number of rotatable bonds is 2. The second-order valence-electron chi connectivity index (χ2n) is 4.32. The maximum atomic E-state index is 4.84. The van der Waals surface area contributed by atoms with E-state index in [2.05, 4.69) is 0 Å². The molecule has 2 rings (SSSR count). The van der Waals surface area contributed by atoms with Crippen LogP contribution in [0, 0.1) is 0 Å². The van der Waals surface area contributed by atoms with Gasteiger partial charge in [0.05, 0.1) is 0 Å². The quantitative estimate of drug-likeness (QED) is 0.404. The summed E-state index contributed by atoms with van der Waals surface area (Å²) in [6.45, 7) is 0. The van der Waals surface area contributed by atoms with Crippen molar-refractivity contribution < 1.29 is 17.1 Å². The summed E-state index contributed by atoms with van der Waals surface area (Å²) < 4.78 is 0.937. The molecule has 2 nitrogen and oxygen atoms in total. The molecule has 0 saturated carbocycles. The first-order valence-electron chi connectivity index (χ1n) is 6.43. The van der Waals surface area contributed by atoms with Gasteiger partial charge in [0.25, 0.3) is 0 Å². The van der Waals surface area contributed by atoms with Crippen molar-refractivity contribution in [3.8, 4) is 0 Å². The molecular weight excluding hydrogens is 412 g/mol. The molecule has 2 aromatic rings. The van der Waals surface area contributed by atoms with Gasteiger partial charge in [-0.1, -0.05) is 45.0 Å². The fourth-order valence-corrected chi connectivity index (χ4v) is 1.94. The third-order valence-corrected chi connectivity index (χ3v) is 3.93. The summed E-state index contributed by atoms with van der Waals surface area (Å²) in [5.41, 5.74) is 2.07. The van der Waals surface area contributed by atoms with Crippen molar-refractivity contribution in [3.05, 3.63) is 60.7 Å². The number of anilines is 2. The molecule has 0 aliphatic heterocycles. The van der Waals surface area contributed by atoms with Crippen LogP contribution in [0.3, 0.4) is 0 Å². The molecule has 0 unspecified atom stereocenters. The van der Waals surface area contributed by atoms with Crippen molar-refractivity contribution in [1.82, 2.24) is 0 Å². The average molecular weight is 428 g/mol. The molecule has 0 amide bonds. The molecule has 0 spiro atoms. The molecule has 0 atom stereocenters. The van der Waals surface area contributed by atoms with Gasteiger partial charge in [-0.3, -0.25) is 0 Å². The Kier molecular flexibility index (Phi) is 11.3. The van der Waals surface area contributed by atoms with Crippen LogP contribution in [-0.2, 0) is 42.3 Å². The van der Waals surface area contributed by atoms with E-state index < -0.39 is 0 Å². The number of para-hydroxylation sites is 2. The smallest absolute Gasteiger partial charge is 0.411 e. The normalized spacial score (nSPS) is 8.78. The zero-order valence-corrected chi connectivity index (χ0v) is 16.8. The standard InChI is InChI=1S/2C8H9NS2.Cu/c2*1-9(8(10)11)7-5-3-2-4-6-7;/h2*2-6H,1H3,(H,10,11);/q;;+2/p-2. The Morgan fingerprint density at radius 2 is 0.957 bits per heavy atom. The van der Waals surface area contributed by atoms with Gasteiger partial charge in [0.15, 0.2) is 0 Å². The minimum Gasteiger partial charge on any atom is -0.411 e. The summed E-state index contributed by atoms with van der Waals surface area (Å²) >= 11 is 19.4. The molecule has 2 aromatic carbocycles. The minimum absolute atomic E-state index is 0. The predicted molar refractivity (Wildman–Crippen MR) is 110 cm³/mol. The van der Waals surface area contributed by atoms with E-state index in [-0.39, 0.29) is 17.1 Å². The van der Waals surface area contributed by atoms with E-state index in [9.17, 15) is 0 Å². The van der Waals surface area contributed by atoms with E-state index in [1.807, 2.05) is 74.8 Å². The Morgan fingerprint density at radius 1 is 0.696 bits per heavy atom. The van der Waals surface area contributed by atoms with E-state index in [0.717, 1.165) is 11.4 Å². The first kappa shape index (κ1) is 22.2. The van der Waals surface area contributed by atoms with Gasteiger partial charge in [-0.15, -0.1) is 0 Å². The third kappa shape index (κ3) is 8.01. The molecule has 7 heteroatoms. The zero-order valence-electron chi connectivity index (χ0n) is 12.6. The van der Waals surface area contributed by atoms with Crippen LogP contribution in [0.15, 0.2) is 60.7 Å². The van der Waals surface area contributed by atoms with Crippen molar-refractivity contribution in [3.63, 3.8) is 0 Å². The number of benzene rings is 2. The van der Waals surface area contributed by atoms with Crippen LogP contribution in [0.2, 0.25) is 0 Å². The van der Waals surface area contributed by atoms with Crippen LogP contribution in [0.4, 0.5) is 11.4 Å². The molecule has 0 N–H and O–H groups in total. The maximum Gasteiger partial charge on any atom is 2.00 e. The molecule has 0 aromatic heterocycles. The molecule has 1 radical (unpaired) electrons. The largest absolute Gasteiger partial charge is 2.00 e. The fraction of sp³-hybridized carbons (Fsp3) is 0.125. The molecule has 0 heterocycles. The van der Waals surface area contributed by atoms with E-state index in [1.54, 1.807) is 9.80 Å². The Balaban J connectivity index is 0.000000403. The van der Waals surface area contributed by atoms with Crippen LogP contribution in [0.25, 0.3) is 0 Å². The van der Waals surface area contributed by atoms with Gasteiger partial charge in [0, 0.05) is 25.5 Å². The molecule has 0 fully saturated rings. The predicted octanol–water partition coefficient (Wildman–Crippen LogP) is 3.91. The van der Waals surface area contributed by atoms with Gasteiger partial charge in [-0.25, -0.2) is 0 Å². The SMILES string of the molecule is CN(C(=S)[S-])c1ccccc1.CN(C(=S)[S-])c1ccccc1.[Cu+2]. The van der Waals surface area contributed by atoms with Crippen molar-refractivity contribution in [2.45, 2.75) is 0 Å². The number of hydrogen-bond acceptors (Lipinski definition) is 4.